The van der Waals surface area contributed by atoms with E-state index in [1.807, 2.05) is 0 Å². The minimum absolute atomic E-state index is 0.00266. The Morgan fingerprint density at radius 3 is 2.95 bits per heavy atom. The molecule has 2 aliphatic rings. The van der Waals surface area contributed by atoms with Gasteiger partial charge in [-0.1, -0.05) is 0 Å². The molecule has 2 fully saturated rings. The molecule has 2 saturated heterocycles. The minimum Gasteiger partial charge on any atom is -0.368 e. The summed E-state index contributed by atoms with van der Waals surface area (Å²) >= 11 is 0. The van der Waals surface area contributed by atoms with Gasteiger partial charge in [0.25, 0.3) is 0 Å². The van der Waals surface area contributed by atoms with E-state index in [-0.39, 0.29) is 30.4 Å². The van der Waals surface area contributed by atoms with Crippen LogP contribution in [0.15, 0.2) is 18.2 Å². The molecule has 1 amide bonds. The van der Waals surface area contributed by atoms with Crippen LogP contribution in [0.25, 0.3) is 0 Å². The lowest BCUT2D eigenvalue weighted by Crippen LogP contribution is -2.46. The van der Waals surface area contributed by atoms with Crippen LogP contribution in [-0.2, 0) is 16.1 Å². The summed E-state index contributed by atoms with van der Waals surface area (Å²) in [5.74, 6) is -0.596. The van der Waals surface area contributed by atoms with E-state index in [0.29, 0.717) is 18.7 Å². The third-order valence-electron chi connectivity index (χ3n) is 4.51. The molecular formula is C16H20F2N2O2. The Morgan fingerprint density at radius 1 is 1.32 bits per heavy atom. The predicted molar refractivity (Wildman–Crippen MR) is 77.1 cm³/mol. The van der Waals surface area contributed by atoms with Gasteiger partial charge < -0.3 is 9.64 Å². The van der Waals surface area contributed by atoms with Crippen molar-refractivity contribution < 1.29 is 18.3 Å². The quantitative estimate of drug-likeness (QED) is 0.832. The average Bonchev–Trinajstić information content (AvgIpc) is 2.62. The SMILES string of the molecule is CN1C[C@H]2CN(Cc3cc(F)ccc3F)CC[C@@H]2OCC1=O. The van der Waals surface area contributed by atoms with E-state index < -0.39 is 5.82 Å². The van der Waals surface area contributed by atoms with Crippen LogP contribution in [-0.4, -0.2) is 55.1 Å². The number of rotatable bonds is 2. The highest BCUT2D eigenvalue weighted by Gasteiger charge is 2.34. The lowest BCUT2D eigenvalue weighted by Gasteiger charge is -2.37. The molecule has 6 heteroatoms. The summed E-state index contributed by atoms with van der Waals surface area (Å²) in [6.07, 6.45) is 0.880. The number of hydrogen-bond acceptors (Lipinski definition) is 3. The van der Waals surface area contributed by atoms with Crippen LogP contribution in [0.2, 0.25) is 0 Å². The van der Waals surface area contributed by atoms with E-state index in [0.717, 1.165) is 25.6 Å². The van der Waals surface area contributed by atoms with Gasteiger partial charge in [-0.2, -0.15) is 0 Å². The van der Waals surface area contributed by atoms with E-state index in [2.05, 4.69) is 4.90 Å². The fraction of sp³-hybridized carbons (Fsp3) is 0.562. The van der Waals surface area contributed by atoms with Crippen molar-refractivity contribution in [3.63, 3.8) is 0 Å². The van der Waals surface area contributed by atoms with Gasteiger partial charge in [0.05, 0.1) is 6.10 Å². The first-order valence-electron chi connectivity index (χ1n) is 7.55. The molecule has 0 saturated carbocycles. The molecule has 0 aromatic heterocycles. The van der Waals surface area contributed by atoms with Gasteiger partial charge in [0.2, 0.25) is 5.91 Å². The summed E-state index contributed by atoms with van der Waals surface area (Å²) in [5, 5.41) is 0. The molecule has 1 aromatic rings. The maximum absolute atomic E-state index is 13.8. The molecule has 4 nitrogen and oxygen atoms in total. The number of ether oxygens (including phenoxy) is 1. The number of benzene rings is 1. The van der Waals surface area contributed by atoms with Crippen LogP contribution in [0.5, 0.6) is 0 Å². The molecule has 120 valence electrons. The fourth-order valence-corrected chi connectivity index (χ4v) is 3.27. The van der Waals surface area contributed by atoms with Crippen molar-refractivity contribution in [2.45, 2.75) is 19.1 Å². The molecule has 3 rings (SSSR count). The number of fused-ring (bicyclic) bond motifs is 1. The van der Waals surface area contributed by atoms with Crippen molar-refractivity contribution >= 4 is 5.91 Å². The molecule has 0 aliphatic carbocycles. The molecular weight excluding hydrogens is 290 g/mol. The van der Waals surface area contributed by atoms with Crippen molar-refractivity contribution in [2.75, 3.05) is 33.3 Å². The van der Waals surface area contributed by atoms with E-state index in [9.17, 15) is 13.6 Å². The molecule has 0 radical (unpaired) electrons. The molecule has 1 aromatic carbocycles. The lowest BCUT2D eigenvalue weighted by atomic mass is 9.94. The molecule has 22 heavy (non-hydrogen) atoms. The van der Waals surface area contributed by atoms with Crippen LogP contribution in [0.1, 0.15) is 12.0 Å². The number of carbonyl (C=O) groups excluding carboxylic acids is 1. The standard InChI is InChI=1S/C16H20F2N2O2/c1-19-7-12-9-20(5-4-15(12)22-10-16(19)21)8-11-6-13(17)2-3-14(11)18/h2-3,6,12,15H,4-5,7-10H2,1H3/t12-,15-/m0/s1. The number of halogens is 2. The van der Waals surface area contributed by atoms with E-state index in [4.69, 9.17) is 4.74 Å². The number of hydrogen-bond donors (Lipinski definition) is 0. The molecule has 0 bridgehead atoms. The first kappa shape index (κ1) is 15.4. The first-order valence-corrected chi connectivity index (χ1v) is 7.55. The summed E-state index contributed by atoms with van der Waals surface area (Å²) in [6.45, 7) is 2.64. The van der Waals surface area contributed by atoms with E-state index in [1.54, 1.807) is 11.9 Å². The Labute approximate surface area is 128 Å². The van der Waals surface area contributed by atoms with Gasteiger partial charge in [-0.05, 0) is 24.6 Å². The number of amides is 1. The summed E-state index contributed by atoms with van der Waals surface area (Å²) in [7, 11) is 1.78. The highest BCUT2D eigenvalue weighted by molar-refractivity contribution is 5.77. The second kappa shape index (κ2) is 6.30. The summed E-state index contributed by atoms with van der Waals surface area (Å²) in [6, 6.07) is 3.55. The lowest BCUT2D eigenvalue weighted by molar-refractivity contribution is -0.133. The van der Waals surface area contributed by atoms with Crippen LogP contribution >= 0.6 is 0 Å². The monoisotopic (exact) mass is 310 g/mol. The van der Waals surface area contributed by atoms with Gasteiger partial charge in [-0.25, -0.2) is 8.78 Å². The number of likely N-dealkylation sites (N-methyl/N-ethyl adjacent to an activating group) is 1. The zero-order chi connectivity index (χ0) is 15.7. The summed E-state index contributed by atoms with van der Waals surface area (Å²) in [5.41, 5.74) is 0.373. The van der Waals surface area contributed by atoms with E-state index in [1.165, 1.54) is 12.1 Å². The molecule has 2 heterocycles. The van der Waals surface area contributed by atoms with Gasteiger partial charge in [-0.3, -0.25) is 9.69 Å². The van der Waals surface area contributed by atoms with Gasteiger partial charge in [0.1, 0.15) is 18.2 Å². The Morgan fingerprint density at radius 2 is 2.14 bits per heavy atom. The zero-order valence-corrected chi connectivity index (χ0v) is 12.6. The number of nitrogens with zero attached hydrogens (tertiary/aromatic N) is 2. The van der Waals surface area contributed by atoms with Crippen LogP contribution in [0.3, 0.4) is 0 Å². The third kappa shape index (κ3) is 3.28. The Kier molecular flexibility index (Phi) is 4.40. The van der Waals surface area contributed by atoms with Crippen LogP contribution < -0.4 is 0 Å². The maximum atomic E-state index is 13.8. The maximum Gasteiger partial charge on any atom is 0.248 e. The number of carbonyl (C=O) groups is 1. The highest BCUT2D eigenvalue weighted by atomic mass is 19.1. The summed E-state index contributed by atoms with van der Waals surface area (Å²) in [4.78, 5) is 15.5. The number of piperidine rings is 1. The molecule has 2 atom stereocenters. The molecule has 0 spiro atoms. The van der Waals surface area contributed by atoms with Crippen molar-refractivity contribution in [3.8, 4) is 0 Å². The Balaban J connectivity index is 1.68. The topological polar surface area (TPSA) is 32.8 Å². The Hall–Kier alpha value is -1.53. The van der Waals surface area contributed by atoms with Crippen molar-refractivity contribution in [1.29, 1.82) is 0 Å². The van der Waals surface area contributed by atoms with Gasteiger partial charge in [0.15, 0.2) is 0 Å². The number of likely N-dealkylation sites (tertiary alicyclic amines) is 1. The Bertz CT molecular complexity index is 567. The smallest absolute Gasteiger partial charge is 0.248 e. The van der Waals surface area contributed by atoms with Crippen molar-refractivity contribution in [1.82, 2.24) is 9.80 Å². The van der Waals surface area contributed by atoms with E-state index >= 15 is 0 Å². The predicted octanol–water partition coefficient (Wildman–Crippen LogP) is 1.64. The largest absolute Gasteiger partial charge is 0.368 e. The zero-order valence-electron chi connectivity index (χ0n) is 12.6. The summed E-state index contributed by atoms with van der Waals surface area (Å²) < 4.78 is 32.7. The first-order chi connectivity index (χ1) is 10.5. The third-order valence-corrected chi connectivity index (χ3v) is 4.51. The van der Waals surface area contributed by atoms with Crippen molar-refractivity contribution in [2.24, 2.45) is 5.92 Å². The molecule has 0 N–H and O–H groups in total. The van der Waals surface area contributed by atoms with Gasteiger partial charge >= 0.3 is 0 Å². The van der Waals surface area contributed by atoms with Crippen LogP contribution in [0.4, 0.5) is 8.78 Å². The normalized spacial score (nSPS) is 26.7. The van der Waals surface area contributed by atoms with Crippen LogP contribution in [0, 0.1) is 17.6 Å². The molecule has 2 aliphatic heterocycles. The van der Waals surface area contributed by atoms with Gasteiger partial charge in [0, 0.05) is 44.7 Å². The average molecular weight is 310 g/mol. The molecule has 0 unspecified atom stereocenters. The van der Waals surface area contributed by atoms with Crippen molar-refractivity contribution in [3.05, 3.63) is 35.4 Å². The van der Waals surface area contributed by atoms with Gasteiger partial charge in [-0.15, -0.1) is 0 Å². The highest BCUT2D eigenvalue weighted by Crippen LogP contribution is 2.25. The minimum atomic E-state index is -0.422. The second-order valence-corrected chi connectivity index (χ2v) is 6.14. The fourth-order valence-electron chi connectivity index (χ4n) is 3.27. The second-order valence-electron chi connectivity index (χ2n) is 6.14.